The lowest BCUT2D eigenvalue weighted by atomic mass is 9.84. The highest BCUT2D eigenvalue weighted by Crippen LogP contribution is 2.41. The van der Waals surface area contributed by atoms with Crippen LogP contribution in [0.4, 0.5) is 8.78 Å². The van der Waals surface area contributed by atoms with E-state index in [0.717, 1.165) is 0 Å². The first-order valence-corrected chi connectivity index (χ1v) is 8.13. The number of halogens is 2. The van der Waals surface area contributed by atoms with E-state index in [-0.39, 0.29) is 28.0 Å². The van der Waals surface area contributed by atoms with Gasteiger partial charge in [-0.2, -0.15) is 8.78 Å². The van der Waals surface area contributed by atoms with Crippen LogP contribution in [-0.2, 0) is 19.1 Å². The van der Waals surface area contributed by atoms with Crippen molar-refractivity contribution < 1.29 is 32.6 Å². The molecular weight excluding hydrogens is 360 g/mol. The van der Waals surface area contributed by atoms with Gasteiger partial charge in [0.1, 0.15) is 5.75 Å². The highest BCUT2D eigenvalue weighted by molar-refractivity contribution is 6.15. The van der Waals surface area contributed by atoms with Crippen molar-refractivity contribution in [3.05, 3.63) is 46.7 Å². The molecule has 0 aromatic heterocycles. The zero-order valence-electron chi connectivity index (χ0n) is 15.7. The second-order valence-electron chi connectivity index (χ2n) is 5.89. The number of esters is 2. The Labute approximate surface area is 156 Å². The molecule has 0 fully saturated rings. The van der Waals surface area contributed by atoms with Crippen molar-refractivity contribution in [2.75, 3.05) is 21.3 Å². The quantitative estimate of drug-likeness (QED) is 0.731. The van der Waals surface area contributed by atoms with E-state index in [9.17, 15) is 18.4 Å². The van der Waals surface area contributed by atoms with Gasteiger partial charge in [-0.15, -0.1) is 0 Å². The van der Waals surface area contributed by atoms with Gasteiger partial charge in [0.25, 0.3) is 0 Å². The normalized spacial score (nSPS) is 17.3. The molecule has 0 N–H and O–H groups in total. The van der Waals surface area contributed by atoms with Crippen LogP contribution in [0.1, 0.15) is 19.4 Å². The molecular formula is C19H21F2NO5. The largest absolute Gasteiger partial charge is 0.466 e. The maximum absolute atomic E-state index is 12.9. The minimum Gasteiger partial charge on any atom is -0.466 e. The highest BCUT2D eigenvalue weighted by Gasteiger charge is 2.38. The van der Waals surface area contributed by atoms with E-state index in [1.165, 1.54) is 32.4 Å². The number of alkyl halides is 2. The van der Waals surface area contributed by atoms with Crippen molar-refractivity contribution in [2.45, 2.75) is 26.5 Å². The second-order valence-corrected chi connectivity index (χ2v) is 5.89. The number of hydrogen-bond donors (Lipinski definition) is 0. The lowest BCUT2D eigenvalue weighted by Gasteiger charge is -2.36. The maximum Gasteiger partial charge on any atom is 0.387 e. The van der Waals surface area contributed by atoms with Crippen molar-refractivity contribution >= 4 is 17.5 Å². The van der Waals surface area contributed by atoms with Crippen molar-refractivity contribution in [3.63, 3.8) is 0 Å². The number of carbonyl (C=O) groups is 2. The summed E-state index contributed by atoms with van der Waals surface area (Å²) in [5, 5.41) is 0. The van der Waals surface area contributed by atoms with E-state index in [2.05, 4.69) is 4.74 Å². The zero-order valence-corrected chi connectivity index (χ0v) is 15.7. The number of rotatable bonds is 5. The average molecular weight is 381 g/mol. The summed E-state index contributed by atoms with van der Waals surface area (Å²) in [7, 11) is 4.13. The zero-order chi connectivity index (χ0) is 20.3. The molecule has 1 aliphatic heterocycles. The Kier molecular flexibility index (Phi) is 6.20. The molecule has 0 radical (unpaired) electrons. The Morgan fingerprint density at radius 3 is 2.26 bits per heavy atom. The number of carbonyl (C=O) groups excluding carboxylic acids is 2. The van der Waals surface area contributed by atoms with Gasteiger partial charge in [0, 0.05) is 23.9 Å². The van der Waals surface area contributed by atoms with E-state index in [1.807, 2.05) is 0 Å². The molecule has 2 rings (SSSR count). The summed E-state index contributed by atoms with van der Waals surface area (Å²) in [6, 6.07) is 5.50. The molecule has 146 valence electrons. The maximum atomic E-state index is 12.9. The van der Waals surface area contributed by atoms with E-state index in [4.69, 9.17) is 9.47 Å². The third kappa shape index (κ3) is 3.79. The number of hydrogen-bond acceptors (Lipinski definition) is 6. The summed E-state index contributed by atoms with van der Waals surface area (Å²) in [5.41, 5.74) is 1.11. The van der Waals surface area contributed by atoms with Crippen LogP contribution in [0.25, 0.3) is 5.57 Å². The Hall–Kier alpha value is -2.90. The van der Waals surface area contributed by atoms with Crippen molar-refractivity contribution in [3.8, 4) is 5.75 Å². The first-order chi connectivity index (χ1) is 12.7. The standard InChI is InChI=1S/C19H21F2NO5/c1-10-14(17(23)25-4)16(15(18(24)26-5)11(2)22(10)3)12-8-6-7-9-13(12)27-19(20)21/h6-10,19H,1-5H3. The van der Waals surface area contributed by atoms with Gasteiger partial charge >= 0.3 is 18.6 Å². The van der Waals surface area contributed by atoms with E-state index in [0.29, 0.717) is 5.70 Å². The van der Waals surface area contributed by atoms with Gasteiger partial charge in [0.15, 0.2) is 0 Å². The van der Waals surface area contributed by atoms with Gasteiger partial charge in [-0.25, -0.2) is 9.59 Å². The molecule has 0 spiro atoms. The molecule has 1 unspecified atom stereocenters. The molecule has 1 heterocycles. The lowest BCUT2D eigenvalue weighted by Crippen LogP contribution is -2.39. The smallest absolute Gasteiger partial charge is 0.387 e. The Balaban J connectivity index is 2.89. The van der Waals surface area contributed by atoms with Crippen LogP contribution >= 0.6 is 0 Å². The fourth-order valence-electron chi connectivity index (χ4n) is 3.07. The van der Waals surface area contributed by atoms with Crippen LogP contribution in [-0.4, -0.2) is 50.8 Å². The molecule has 1 aromatic rings. The average Bonchev–Trinajstić information content (AvgIpc) is 2.64. The number of likely N-dealkylation sites (N-methyl/N-ethyl adjacent to an activating group) is 1. The number of ether oxygens (including phenoxy) is 3. The first-order valence-electron chi connectivity index (χ1n) is 8.13. The predicted molar refractivity (Wildman–Crippen MR) is 94.0 cm³/mol. The summed E-state index contributed by atoms with van der Waals surface area (Å²) in [4.78, 5) is 26.8. The third-order valence-electron chi connectivity index (χ3n) is 4.58. The Bertz CT molecular complexity index is 816. The number of nitrogens with zero attached hydrogens (tertiary/aromatic N) is 1. The number of methoxy groups -OCH3 is 2. The molecule has 0 amide bonds. The van der Waals surface area contributed by atoms with Crippen molar-refractivity contribution in [1.29, 1.82) is 0 Å². The lowest BCUT2D eigenvalue weighted by molar-refractivity contribution is -0.136. The van der Waals surface area contributed by atoms with Crippen LogP contribution in [0.5, 0.6) is 5.75 Å². The fourth-order valence-corrected chi connectivity index (χ4v) is 3.07. The molecule has 27 heavy (non-hydrogen) atoms. The molecule has 8 heteroatoms. The Morgan fingerprint density at radius 2 is 1.70 bits per heavy atom. The second kappa shape index (κ2) is 8.20. The molecule has 0 aliphatic carbocycles. The first kappa shape index (κ1) is 20.4. The van der Waals surface area contributed by atoms with Gasteiger partial charge in [-0.3, -0.25) is 0 Å². The SMILES string of the molecule is COC(=O)C1=C(C)N(C)C(C)C(C(=O)OC)=C1c1ccccc1OC(F)F. The number of para-hydroxylation sites is 1. The van der Waals surface area contributed by atoms with Crippen LogP contribution in [0, 0.1) is 0 Å². The minimum absolute atomic E-state index is 0.0869. The van der Waals surface area contributed by atoms with Crippen LogP contribution < -0.4 is 4.74 Å². The van der Waals surface area contributed by atoms with Gasteiger partial charge in [0.2, 0.25) is 0 Å². The van der Waals surface area contributed by atoms with Gasteiger partial charge in [-0.1, -0.05) is 18.2 Å². The molecule has 1 atom stereocenters. The summed E-state index contributed by atoms with van der Waals surface area (Å²) in [6.45, 7) is 0.372. The van der Waals surface area contributed by atoms with Crippen molar-refractivity contribution in [2.24, 2.45) is 0 Å². The van der Waals surface area contributed by atoms with Crippen LogP contribution in [0.3, 0.4) is 0 Å². The summed E-state index contributed by atoms with van der Waals surface area (Å²) < 4.78 is 40.2. The third-order valence-corrected chi connectivity index (χ3v) is 4.58. The van der Waals surface area contributed by atoms with Gasteiger partial charge in [-0.05, 0) is 19.9 Å². The van der Waals surface area contributed by atoms with E-state index < -0.39 is 24.6 Å². The highest BCUT2D eigenvalue weighted by atomic mass is 19.3. The summed E-state index contributed by atoms with van der Waals surface area (Å²) >= 11 is 0. The van der Waals surface area contributed by atoms with Crippen LogP contribution in [0.2, 0.25) is 0 Å². The fraction of sp³-hybridized carbons (Fsp3) is 0.368. The molecule has 1 aliphatic rings. The van der Waals surface area contributed by atoms with Gasteiger partial charge < -0.3 is 19.1 Å². The molecule has 0 bridgehead atoms. The molecule has 0 saturated heterocycles. The number of benzene rings is 1. The monoisotopic (exact) mass is 381 g/mol. The molecule has 6 nitrogen and oxygen atoms in total. The topological polar surface area (TPSA) is 65.1 Å². The number of allylic oxidation sites excluding steroid dienone is 1. The van der Waals surface area contributed by atoms with Gasteiger partial charge in [0.05, 0.1) is 31.4 Å². The summed E-state index contributed by atoms with van der Waals surface area (Å²) in [5.74, 6) is -1.53. The summed E-state index contributed by atoms with van der Waals surface area (Å²) in [6.07, 6.45) is 0. The molecule has 1 aromatic carbocycles. The van der Waals surface area contributed by atoms with Crippen LogP contribution in [0.15, 0.2) is 41.1 Å². The van der Waals surface area contributed by atoms with Crippen molar-refractivity contribution in [1.82, 2.24) is 4.90 Å². The van der Waals surface area contributed by atoms with E-state index in [1.54, 1.807) is 31.9 Å². The Morgan fingerprint density at radius 1 is 1.11 bits per heavy atom. The predicted octanol–water partition coefficient (Wildman–Crippen LogP) is 3.00. The molecule has 0 saturated carbocycles. The van der Waals surface area contributed by atoms with E-state index >= 15 is 0 Å². The minimum atomic E-state index is -3.07.